The van der Waals surface area contributed by atoms with E-state index in [1.54, 1.807) is 6.07 Å². The number of nitrogens with zero attached hydrogens (tertiary/aromatic N) is 5. The third-order valence-electron chi connectivity index (χ3n) is 3.42. The highest BCUT2D eigenvalue weighted by Crippen LogP contribution is 2.33. The summed E-state index contributed by atoms with van der Waals surface area (Å²) in [5.74, 6) is -1.66. The van der Waals surface area contributed by atoms with Gasteiger partial charge in [0, 0.05) is 0 Å². The van der Waals surface area contributed by atoms with Crippen molar-refractivity contribution in [1.29, 1.82) is 0 Å². The van der Waals surface area contributed by atoms with Crippen molar-refractivity contribution in [3.05, 3.63) is 59.1 Å². The monoisotopic (exact) mass is 397 g/mol. The van der Waals surface area contributed by atoms with E-state index in [-0.39, 0.29) is 16.5 Å². The smallest absolute Gasteiger partial charge is 0.382 e. The highest BCUT2D eigenvalue weighted by Gasteiger charge is 2.42. The molecule has 0 aliphatic heterocycles. The molecular formula is C15H11ClF3N7O. The topological polar surface area (TPSA) is 112 Å². The molecule has 3 N–H and O–H groups in total. The summed E-state index contributed by atoms with van der Waals surface area (Å²) in [5, 5.41) is 9.17. The predicted octanol–water partition coefficient (Wildman–Crippen LogP) is 2.33. The highest BCUT2D eigenvalue weighted by atomic mass is 35.5. The van der Waals surface area contributed by atoms with E-state index in [4.69, 9.17) is 17.3 Å². The standard InChI is InChI=1S/C15H11ClF3N7O/c16-11-13(26-21-6-7-22-26)25-12(20)9(23-11)14(27)24-10(15(17,18)19)8-4-2-1-3-5-8/h1-7,10H,(H2,20,25)(H,24,27)/t10-/m0/s1. The predicted molar refractivity (Wildman–Crippen MR) is 89.1 cm³/mol. The summed E-state index contributed by atoms with van der Waals surface area (Å²) in [6.45, 7) is 0. The van der Waals surface area contributed by atoms with Crippen LogP contribution in [0.4, 0.5) is 19.0 Å². The Balaban J connectivity index is 1.92. The Kier molecular flexibility index (Phi) is 4.95. The lowest BCUT2D eigenvalue weighted by Crippen LogP contribution is -2.39. The Morgan fingerprint density at radius 2 is 1.78 bits per heavy atom. The van der Waals surface area contributed by atoms with Gasteiger partial charge in [0.15, 0.2) is 22.7 Å². The molecule has 3 rings (SSSR count). The van der Waals surface area contributed by atoms with Crippen molar-refractivity contribution in [3.8, 4) is 5.82 Å². The zero-order valence-electron chi connectivity index (χ0n) is 13.4. The van der Waals surface area contributed by atoms with Gasteiger partial charge in [0.25, 0.3) is 5.91 Å². The molecule has 1 amide bonds. The Labute approximate surface area is 155 Å². The molecule has 2 heterocycles. The van der Waals surface area contributed by atoms with Crippen molar-refractivity contribution in [1.82, 2.24) is 30.3 Å². The highest BCUT2D eigenvalue weighted by molar-refractivity contribution is 6.31. The molecule has 0 aliphatic rings. The molecule has 0 bridgehead atoms. The second kappa shape index (κ2) is 7.19. The van der Waals surface area contributed by atoms with E-state index < -0.39 is 29.6 Å². The Morgan fingerprint density at radius 3 is 2.37 bits per heavy atom. The fraction of sp³-hybridized carbons (Fsp3) is 0.133. The van der Waals surface area contributed by atoms with Crippen molar-refractivity contribution in [2.45, 2.75) is 12.2 Å². The van der Waals surface area contributed by atoms with Gasteiger partial charge in [-0.25, -0.2) is 9.97 Å². The van der Waals surface area contributed by atoms with Crippen LogP contribution in [0.1, 0.15) is 22.1 Å². The first-order chi connectivity index (χ1) is 12.8. The lowest BCUT2D eigenvalue weighted by molar-refractivity contribution is -0.155. The summed E-state index contributed by atoms with van der Waals surface area (Å²) in [7, 11) is 0. The number of alkyl halides is 3. The van der Waals surface area contributed by atoms with Gasteiger partial charge in [-0.3, -0.25) is 4.79 Å². The number of nitrogens with two attached hydrogens (primary N) is 1. The van der Waals surface area contributed by atoms with Gasteiger partial charge < -0.3 is 11.1 Å². The van der Waals surface area contributed by atoms with Crippen LogP contribution in [0.3, 0.4) is 0 Å². The van der Waals surface area contributed by atoms with Crippen molar-refractivity contribution in [2.75, 3.05) is 5.73 Å². The van der Waals surface area contributed by atoms with Gasteiger partial charge in [0.2, 0.25) is 5.82 Å². The molecule has 140 valence electrons. The zero-order valence-corrected chi connectivity index (χ0v) is 14.1. The molecule has 2 aromatic heterocycles. The number of carbonyl (C=O) groups excluding carboxylic acids is 1. The van der Waals surface area contributed by atoms with Crippen LogP contribution < -0.4 is 11.1 Å². The van der Waals surface area contributed by atoms with Crippen LogP contribution in [-0.4, -0.2) is 37.0 Å². The molecule has 3 aromatic rings. The van der Waals surface area contributed by atoms with E-state index in [0.717, 1.165) is 4.80 Å². The number of amides is 1. The Hall–Kier alpha value is -3.21. The van der Waals surface area contributed by atoms with Gasteiger partial charge in [-0.05, 0) is 5.56 Å². The molecule has 0 saturated heterocycles. The quantitative estimate of drug-likeness (QED) is 0.698. The summed E-state index contributed by atoms with van der Waals surface area (Å²) < 4.78 is 40.2. The minimum absolute atomic E-state index is 0.0638. The van der Waals surface area contributed by atoms with Gasteiger partial charge in [-0.2, -0.15) is 23.4 Å². The third-order valence-corrected chi connectivity index (χ3v) is 3.68. The van der Waals surface area contributed by atoms with Gasteiger partial charge >= 0.3 is 6.18 Å². The number of aromatic nitrogens is 5. The average Bonchev–Trinajstić information content (AvgIpc) is 3.15. The maximum absolute atomic E-state index is 13.4. The lowest BCUT2D eigenvalue weighted by atomic mass is 10.1. The van der Waals surface area contributed by atoms with Crippen molar-refractivity contribution in [2.24, 2.45) is 0 Å². The molecule has 0 saturated carbocycles. The van der Waals surface area contributed by atoms with E-state index in [1.807, 2.05) is 5.32 Å². The van der Waals surface area contributed by atoms with E-state index in [9.17, 15) is 18.0 Å². The summed E-state index contributed by atoms with van der Waals surface area (Å²) in [6.07, 6.45) is -2.03. The van der Waals surface area contributed by atoms with Gasteiger partial charge in [-0.1, -0.05) is 41.9 Å². The molecule has 27 heavy (non-hydrogen) atoms. The van der Waals surface area contributed by atoms with Crippen LogP contribution in [0.2, 0.25) is 5.15 Å². The number of anilines is 1. The molecular weight excluding hydrogens is 387 g/mol. The van der Waals surface area contributed by atoms with Gasteiger partial charge in [0.05, 0.1) is 12.4 Å². The number of nitrogens with one attached hydrogen (secondary N) is 1. The first-order valence-corrected chi connectivity index (χ1v) is 7.77. The number of benzene rings is 1. The van der Waals surface area contributed by atoms with Crippen LogP contribution in [0.5, 0.6) is 0 Å². The van der Waals surface area contributed by atoms with E-state index in [0.29, 0.717) is 0 Å². The molecule has 12 heteroatoms. The molecule has 0 spiro atoms. The van der Waals surface area contributed by atoms with Crippen LogP contribution in [0.25, 0.3) is 5.82 Å². The number of hydrogen-bond donors (Lipinski definition) is 2. The number of carbonyl (C=O) groups is 1. The van der Waals surface area contributed by atoms with Crippen LogP contribution in [0.15, 0.2) is 42.7 Å². The first kappa shape index (κ1) is 18.6. The Bertz CT molecular complexity index is 948. The molecule has 0 radical (unpaired) electrons. The second-order valence-electron chi connectivity index (χ2n) is 5.25. The average molecular weight is 398 g/mol. The normalized spacial score (nSPS) is 12.6. The molecule has 1 aromatic carbocycles. The summed E-state index contributed by atoms with van der Waals surface area (Å²) in [6, 6.07) is 4.65. The van der Waals surface area contributed by atoms with Crippen LogP contribution in [-0.2, 0) is 0 Å². The molecule has 0 fully saturated rings. The molecule has 1 atom stereocenters. The summed E-state index contributed by atoms with van der Waals surface area (Å²) >= 11 is 5.95. The minimum atomic E-state index is -4.73. The van der Waals surface area contributed by atoms with Crippen molar-refractivity contribution in [3.63, 3.8) is 0 Å². The van der Waals surface area contributed by atoms with Crippen LogP contribution in [0, 0.1) is 0 Å². The zero-order chi connectivity index (χ0) is 19.6. The minimum Gasteiger partial charge on any atom is -0.382 e. The van der Waals surface area contributed by atoms with Gasteiger partial charge in [0.1, 0.15) is 0 Å². The SMILES string of the molecule is Nc1nc(-n2nccn2)c(Cl)nc1C(=O)N[C@@H](c1ccccc1)C(F)(F)F. The van der Waals surface area contributed by atoms with E-state index in [1.165, 1.54) is 36.7 Å². The maximum atomic E-state index is 13.4. The van der Waals surface area contributed by atoms with Crippen molar-refractivity contribution >= 4 is 23.3 Å². The summed E-state index contributed by atoms with van der Waals surface area (Å²) in [5.41, 5.74) is 4.99. The molecule has 0 unspecified atom stereocenters. The Morgan fingerprint density at radius 1 is 1.15 bits per heavy atom. The van der Waals surface area contributed by atoms with E-state index in [2.05, 4.69) is 20.2 Å². The fourth-order valence-corrected chi connectivity index (χ4v) is 2.44. The molecule has 8 nitrogen and oxygen atoms in total. The number of hydrogen-bond acceptors (Lipinski definition) is 6. The number of halogens is 4. The number of rotatable bonds is 4. The summed E-state index contributed by atoms with van der Waals surface area (Å²) in [4.78, 5) is 21.0. The van der Waals surface area contributed by atoms with Crippen LogP contribution >= 0.6 is 11.6 Å². The molecule has 0 aliphatic carbocycles. The maximum Gasteiger partial charge on any atom is 0.412 e. The van der Waals surface area contributed by atoms with Gasteiger partial charge in [-0.15, -0.1) is 4.80 Å². The fourth-order valence-electron chi connectivity index (χ4n) is 2.24. The second-order valence-corrected chi connectivity index (χ2v) is 5.61. The van der Waals surface area contributed by atoms with Crippen molar-refractivity contribution < 1.29 is 18.0 Å². The largest absolute Gasteiger partial charge is 0.412 e. The van der Waals surface area contributed by atoms with E-state index >= 15 is 0 Å². The lowest BCUT2D eigenvalue weighted by Gasteiger charge is -2.22. The number of nitrogen functional groups attached to an aromatic ring is 1. The first-order valence-electron chi connectivity index (χ1n) is 7.39. The third kappa shape index (κ3) is 3.97.